The van der Waals surface area contributed by atoms with Crippen molar-refractivity contribution < 1.29 is 4.18 Å². The minimum absolute atomic E-state index is 0.0171. The summed E-state index contributed by atoms with van der Waals surface area (Å²) in [6.07, 6.45) is 13.7. The third-order valence-corrected chi connectivity index (χ3v) is 4.90. The average molecular weight is 262 g/mol. The predicted molar refractivity (Wildman–Crippen MR) is 80.5 cm³/mol. The Bertz CT molecular complexity index is 440. The lowest BCUT2D eigenvalue weighted by Gasteiger charge is -2.36. The van der Waals surface area contributed by atoms with Gasteiger partial charge in [0.15, 0.2) is 0 Å². The maximum atomic E-state index is 5.87. The molecule has 0 radical (unpaired) electrons. The first-order valence-corrected chi connectivity index (χ1v) is 7.36. The smallest absolute Gasteiger partial charge is 0.0911 e. The van der Waals surface area contributed by atoms with Gasteiger partial charge in [-0.2, -0.15) is 0 Å². The van der Waals surface area contributed by atoms with Crippen LogP contribution in [0.3, 0.4) is 0 Å². The molecule has 0 aromatic rings. The van der Waals surface area contributed by atoms with Gasteiger partial charge in [-0.05, 0) is 46.1 Å². The van der Waals surface area contributed by atoms with Crippen molar-refractivity contribution in [1.82, 2.24) is 0 Å². The summed E-state index contributed by atoms with van der Waals surface area (Å²) in [5.41, 5.74) is 4.15. The summed E-state index contributed by atoms with van der Waals surface area (Å²) < 4.78 is 5.86. The van der Waals surface area contributed by atoms with E-state index >= 15 is 0 Å². The van der Waals surface area contributed by atoms with Crippen LogP contribution in [-0.2, 0) is 4.18 Å². The van der Waals surface area contributed by atoms with Gasteiger partial charge in [-0.1, -0.05) is 41.5 Å². The summed E-state index contributed by atoms with van der Waals surface area (Å²) in [6.45, 7) is 8.56. The van der Waals surface area contributed by atoms with E-state index in [-0.39, 0.29) is 10.9 Å². The minimum atomic E-state index is -0.0171. The molecular weight excluding hydrogens is 240 g/mol. The van der Waals surface area contributed by atoms with Crippen LogP contribution in [0.1, 0.15) is 40.5 Å². The lowest BCUT2D eigenvalue weighted by atomic mass is 9.83. The highest BCUT2D eigenvalue weighted by Crippen LogP contribution is 2.48. The molecule has 18 heavy (non-hydrogen) atoms. The molecule has 0 bridgehead atoms. The number of hydrogen-bond acceptors (Lipinski definition) is 2. The first-order valence-electron chi connectivity index (χ1n) is 6.62. The molecule has 1 atom stereocenters. The first-order chi connectivity index (χ1) is 8.54. The molecule has 0 saturated carbocycles. The second-order valence-corrected chi connectivity index (χ2v) is 6.39. The van der Waals surface area contributed by atoms with E-state index < -0.39 is 0 Å². The summed E-state index contributed by atoms with van der Waals surface area (Å²) >= 11 is 1.63. The van der Waals surface area contributed by atoms with Gasteiger partial charge < -0.3 is 4.18 Å². The highest BCUT2D eigenvalue weighted by Gasteiger charge is 2.38. The van der Waals surface area contributed by atoms with Crippen molar-refractivity contribution in [1.29, 1.82) is 0 Å². The topological polar surface area (TPSA) is 9.23 Å². The summed E-state index contributed by atoms with van der Waals surface area (Å²) in [4.78, 5) is 0. The standard InChI is InChI=1S/C16H22OS/c1-12(2)17-18-16(15-7-5-6-8-15)10-9-13(3)11-14(16)4/h5,7-9,11-12H,6,10H2,1-4H3. The molecule has 0 amide bonds. The fourth-order valence-corrected chi connectivity index (χ4v) is 3.36. The van der Waals surface area contributed by atoms with Gasteiger partial charge in [-0.15, -0.1) is 0 Å². The van der Waals surface area contributed by atoms with E-state index in [0.717, 1.165) is 12.8 Å². The van der Waals surface area contributed by atoms with Crippen molar-refractivity contribution >= 4 is 12.0 Å². The Morgan fingerprint density at radius 3 is 2.61 bits per heavy atom. The van der Waals surface area contributed by atoms with Gasteiger partial charge >= 0.3 is 0 Å². The monoisotopic (exact) mass is 262 g/mol. The van der Waals surface area contributed by atoms with Crippen molar-refractivity contribution in [3.05, 3.63) is 47.1 Å². The van der Waals surface area contributed by atoms with E-state index in [2.05, 4.69) is 58.1 Å². The third kappa shape index (κ3) is 2.65. The van der Waals surface area contributed by atoms with Gasteiger partial charge in [0.1, 0.15) is 0 Å². The summed E-state index contributed by atoms with van der Waals surface area (Å²) in [7, 11) is 0. The highest BCUT2D eigenvalue weighted by molar-refractivity contribution is 7.96. The predicted octanol–water partition coefficient (Wildman–Crippen LogP) is 4.98. The molecule has 2 rings (SSSR count). The largest absolute Gasteiger partial charge is 0.311 e. The number of hydrogen-bond donors (Lipinski definition) is 0. The molecule has 0 N–H and O–H groups in total. The SMILES string of the molecule is CC1=CCC(SOC(C)C)(C2=CCC=C2)C(C)=C1. The molecule has 2 aliphatic carbocycles. The Morgan fingerprint density at radius 1 is 1.28 bits per heavy atom. The molecule has 0 fully saturated rings. The lowest BCUT2D eigenvalue weighted by molar-refractivity contribution is 0.284. The zero-order valence-electron chi connectivity index (χ0n) is 11.7. The van der Waals surface area contributed by atoms with Crippen LogP contribution in [0.2, 0.25) is 0 Å². The van der Waals surface area contributed by atoms with Gasteiger partial charge in [0, 0.05) is 12.0 Å². The fourth-order valence-electron chi connectivity index (χ4n) is 2.41. The minimum Gasteiger partial charge on any atom is -0.311 e. The molecule has 0 aromatic carbocycles. The lowest BCUT2D eigenvalue weighted by Crippen LogP contribution is -2.30. The van der Waals surface area contributed by atoms with Crippen LogP contribution < -0.4 is 0 Å². The van der Waals surface area contributed by atoms with Crippen LogP contribution in [0, 0.1) is 0 Å². The van der Waals surface area contributed by atoms with E-state index in [4.69, 9.17) is 4.18 Å². The molecule has 2 aliphatic rings. The van der Waals surface area contributed by atoms with Crippen LogP contribution in [0.4, 0.5) is 0 Å². The second kappa shape index (κ2) is 5.50. The van der Waals surface area contributed by atoms with E-state index in [1.165, 1.54) is 16.7 Å². The quantitative estimate of drug-likeness (QED) is 0.661. The molecule has 0 heterocycles. The number of rotatable bonds is 4. The summed E-state index contributed by atoms with van der Waals surface area (Å²) in [6, 6.07) is 0. The van der Waals surface area contributed by atoms with Crippen molar-refractivity contribution in [2.75, 3.05) is 0 Å². The second-order valence-electron chi connectivity index (χ2n) is 5.33. The third-order valence-electron chi connectivity index (χ3n) is 3.41. The molecule has 0 aliphatic heterocycles. The molecule has 0 aromatic heterocycles. The molecule has 98 valence electrons. The molecule has 2 heteroatoms. The Morgan fingerprint density at radius 2 is 2.06 bits per heavy atom. The van der Waals surface area contributed by atoms with Crippen molar-refractivity contribution in [3.63, 3.8) is 0 Å². The molecular formula is C16H22OS. The van der Waals surface area contributed by atoms with E-state index in [9.17, 15) is 0 Å². The molecule has 0 spiro atoms. The normalized spacial score (nSPS) is 27.3. The van der Waals surface area contributed by atoms with E-state index in [1.54, 1.807) is 12.0 Å². The van der Waals surface area contributed by atoms with Crippen LogP contribution in [0.5, 0.6) is 0 Å². The van der Waals surface area contributed by atoms with Gasteiger partial charge in [0.05, 0.1) is 10.9 Å². The maximum Gasteiger partial charge on any atom is 0.0911 e. The van der Waals surface area contributed by atoms with Crippen LogP contribution >= 0.6 is 12.0 Å². The Hall–Kier alpha value is -0.730. The Balaban J connectivity index is 2.29. The summed E-state index contributed by atoms with van der Waals surface area (Å²) in [5, 5.41) is 0. The van der Waals surface area contributed by atoms with Gasteiger partial charge in [0.25, 0.3) is 0 Å². The molecule has 1 unspecified atom stereocenters. The summed E-state index contributed by atoms with van der Waals surface area (Å²) in [5.74, 6) is 0. The van der Waals surface area contributed by atoms with E-state index in [0.29, 0.717) is 0 Å². The van der Waals surface area contributed by atoms with Gasteiger partial charge in [-0.25, -0.2) is 0 Å². The fraction of sp³-hybridized carbons (Fsp3) is 0.500. The zero-order valence-corrected chi connectivity index (χ0v) is 12.5. The zero-order chi connectivity index (χ0) is 13.2. The Labute approximate surface area is 115 Å². The van der Waals surface area contributed by atoms with Gasteiger partial charge in [0.2, 0.25) is 0 Å². The van der Waals surface area contributed by atoms with Crippen molar-refractivity contribution in [2.24, 2.45) is 0 Å². The maximum absolute atomic E-state index is 5.87. The Kier molecular flexibility index (Phi) is 4.18. The highest BCUT2D eigenvalue weighted by atomic mass is 32.2. The van der Waals surface area contributed by atoms with E-state index in [1.807, 2.05) is 0 Å². The number of allylic oxidation sites excluding steroid dienone is 6. The molecule has 1 nitrogen and oxygen atoms in total. The average Bonchev–Trinajstić information content (AvgIpc) is 2.82. The first kappa shape index (κ1) is 13.7. The van der Waals surface area contributed by atoms with Gasteiger partial charge in [-0.3, -0.25) is 0 Å². The van der Waals surface area contributed by atoms with Crippen molar-refractivity contribution in [2.45, 2.75) is 51.4 Å². The van der Waals surface area contributed by atoms with Crippen LogP contribution in [-0.4, -0.2) is 10.9 Å². The van der Waals surface area contributed by atoms with Crippen LogP contribution in [0.15, 0.2) is 47.1 Å². The van der Waals surface area contributed by atoms with Crippen molar-refractivity contribution in [3.8, 4) is 0 Å². The van der Waals surface area contributed by atoms with Crippen LogP contribution in [0.25, 0.3) is 0 Å². The molecule has 0 saturated heterocycles.